The molecule has 7 heavy (non-hydrogen) atoms. The first-order chi connectivity index (χ1) is 2.79. The van der Waals surface area contributed by atoms with Crippen molar-refractivity contribution >= 4 is 5.97 Å². The van der Waals surface area contributed by atoms with E-state index in [-0.39, 0.29) is 12.4 Å². The van der Waals surface area contributed by atoms with Gasteiger partial charge in [-0.15, -0.1) is 0 Å². The quantitative estimate of drug-likeness (QED) is 0.582. The third-order valence-electron chi connectivity index (χ3n) is 0.609. The molecular weight excluding hydrogens is 351 g/mol. The van der Waals surface area contributed by atoms with E-state index in [1.54, 1.807) is 0 Å². The third kappa shape index (κ3) is 0.633. The summed E-state index contributed by atoms with van der Waals surface area (Å²) in [6.07, 6.45) is -0.641. The smallest absolute Gasteiger partial charge is 0.314 e. The van der Waals surface area contributed by atoms with Crippen molar-refractivity contribution in [2.45, 2.75) is 12.7 Å². The Balaban J connectivity index is 0.000000360. The number of cyclic esters (lactones) is 1. The minimum absolute atomic E-state index is 0. The van der Waals surface area contributed by atoms with Gasteiger partial charge in [0.15, 0.2) is 0 Å². The topological polar surface area (TPSA) is 46.5 Å². The number of rotatable bonds is 0. The minimum Gasteiger partial charge on any atom is -0.435 e. The number of ether oxygens (including phenoxy) is 1. The monoisotopic (exact) mass is 355 g/mol. The molecule has 1 unspecified atom stereocenters. The number of hydrogen-bond donors (Lipinski definition) is 1. The van der Waals surface area contributed by atoms with Gasteiger partial charge >= 0.3 is 5.97 Å². The summed E-state index contributed by atoms with van der Waals surface area (Å²) < 4.78 is 4.06. The van der Waals surface area contributed by atoms with Crippen molar-refractivity contribution in [3.05, 3.63) is 0 Å². The maximum Gasteiger partial charge on any atom is 0.314 e. The Morgan fingerprint density at radius 1 is 1.86 bits per heavy atom. The summed E-state index contributed by atoms with van der Waals surface area (Å²) in [6.45, 7) is 0. The SMILES string of the molecule is O=C1CC(O)O1.[Rf]. The molecule has 1 atom stereocenters. The van der Waals surface area contributed by atoms with Crippen molar-refractivity contribution in [1.29, 1.82) is 0 Å². The molecule has 1 aliphatic heterocycles. The molecule has 0 amide bonds. The molecule has 0 spiro atoms. The van der Waals surface area contributed by atoms with E-state index in [0.29, 0.717) is 0 Å². The Labute approximate surface area is 34.5 Å². The van der Waals surface area contributed by atoms with E-state index < -0.39 is 6.29 Å². The van der Waals surface area contributed by atoms with Crippen molar-refractivity contribution in [3.8, 4) is 0 Å². The molecule has 0 aromatic carbocycles. The number of aliphatic hydroxyl groups is 1. The number of carbonyl (C=O) groups excluding carboxylic acids is 1. The Kier molecular flexibility index (Phi) is 0.978. The van der Waals surface area contributed by atoms with Crippen LogP contribution in [-0.4, -0.2) is 17.4 Å². The Morgan fingerprint density at radius 2 is 2.29 bits per heavy atom. The van der Waals surface area contributed by atoms with Crippen LogP contribution in [0.2, 0.25) is 0 Å². The Hall–Kier alpha value is -1.57. The van der Waals surface area contributed by atoms with Crippen LogP contribution in [0.3, 0.4) is 0 Å². The minimum atomic E-state index is -0.808. The number of carbonyl (C=O) groups is 1. The summed E-state index contributed by atoms with van der Waals surface area (Å²) >= 11 is 0. The van der Waals surface area contributed by atoms with Gasteiger partial charge in [-0.1, -0.05) is 0 Å². The van der Waals surface area contributed by atoms with Crippen LogP contribution in [0.15, 0.2) is 0 Å². The summed E-state index contributed by atoms with van der Waals surface area (Å²) in [7, 11) is 0. The van der Waals surface area contributed by atoms with Gasteiger partial charge in [0, 0.05) is 0 Å². The molecule has 1 heterocycles. The van der Waals surface area contributed by atoms with E-state index in [4.69, 9.17) is 5.11 Å². The molecule has 36 valence electrons. The van der Waals surface area contributed by atoms with E-state index in [2.05, 4.69) is 4.74 Å². The zero-order valence-corrected chi connectivity index (χ0v) is 10.2. The first-order valence-electron chi connectivity index (χ1n) is 1.66. The average Bonchev–Trinajstić information content (AvgIpc) is 1.33. The van der Waals surface area contributed by atoms with Gasteiger partial charge in [0.05, 0.1) is 0 Å². The maximum atomic E-state index is 9.73. The molecule has 0 radical (unpaired) electrons. The zero-order chi connectivity index (χ0) is 4.57. The zero-order valence-electron chi connectivity index (χ0n) is 3.76. The van der Waals surface area contributed by atoms with Gasteiger partial charge in [0.25, 0.3) is 0 Å². The number of esters is 1. The molecule has 1 aliphatic rings. The average molecular weight is 355 g/mol. The van der Waals surface area contributed by atoms with E-state index in [1.165, 1.54) is 0 Å². The largest absolute Gasteiger partial charge is 0.435 e. The second kappa shape index (κ2) is 1.26. The molecule has 0 bridgehead atoms. The fraction of sp³-hybridized carbons (Fsp3) is 0.667. The standard InChI is InChI=1S/C3H4O3.Rf/c4-2-1-3(5)6-2;/h2,4H,1H2;. The second-order valence-corrected chi connectivity index (χ2v) is 1.15. The van der Waals surface area contributed by atoms with Crippen LogP contribution in [0.5, 0.6) is 0 Å². The molecule has 1 N–H and O–H groups in total. The van der Waals surface area contributed by atoms with Crippen molar-refractivity contribution in [2.75, 3.05) is 0 Å². The van der Waals surface area contributed by atoms with Crippen LogP contribution >= 0.6 is 0 Å². The van der Waals surface area contributed by atoms with Crippen molar-refractivity contribution < 1.29 is 14.6 Å². The van der Waals surface area contributed by atoms with E-state index in [0.717, 1.165) is 0 Å². The Morgan fingerprint density at radius 3 is 2.29 bits per heavy atom. The first kappa shape index (κ1) is 5.43. The third-order valence-corrected chi connectivity index (χ3v) is 0.609. The van der Waals surface area contributed by atoms with Crippen LogP contribution in [0.1, 0.15) is 6.42 Å². The summed E-state index contributed by atoms with van der Waals surface area (Å²) in [5.41, 5.74) is 0. The molecule has 1 fully saturated rings. The Bertz CT molecular complexity index is 74.2. The van der Waals surface area contributed by atoms with E-state index >= 15 is 0 Å². The maximum absolute atomic E-state index is 9.73. The molecule has 4 heteroatoms. The fourth-order valence-electron chi connectivity index (χ4n) is 0.285. The van der Waals surface area contributed by atoms with Gasteiger partial charge in [-0.25, -0.2) is 0 Å². The molecule has 1 saturated heterocycles. The van der Waals surface area contributed by atoms with Gasteiger partial charge in [0.1, 0.15) is 6.42 Å². The molecule has 0 saturated carbocycles. The van der Waals surface area contributed by atoms with Gasteiger partial charge in [-0.2, -0.15) is 0 Å². The first-order valence-corrected chi connectivity index (χ1v) is 1.66. The molecule has 0 aromatic rings. The summed E-state index contributed by atoms with van der Waals surface area (Å²) in [5.74, 6) is -0.317. The van der Waals surface area contributed by atoms with Gasteiger partial charge in [-0.3, -0.25) is 4.79 Å². The fourth-order valence-corrected chi connectivity index (χ4v) is 0.285. The normalized spacial score (nSPS) is 27.0. The summed E-state index contributed by atoms with van der Waals surface area (Å²) in [4.78, 5) is 9.73. The summed E-state index contributed by atoms with van der Waals surface area (Å²) in [6, 6.07) is 0. The summed E-state index contributed by atoms with van der Waals surface area (Å²) in [5, 5.41) is 8.18. The van der Waals surface area contributed by atoms with Crippen LogP contribution in [0.25, 0.3) is 0 Å². The van der Waals surface area contributed by atoms with Crippen LogP contribution in [0.4, 0.5) is 0 Å². The number of aliphatic hydroxyl groups excluding tert-OH is 1. The van der Waals surface area contributed by atoms with E-state index in [9.17, 15) is 4.79 Å². The van der Waals surface area contributed by atoms with Crippen LogP contribution in [-0.2, 0) is 9.53 Å². The van der Waals surface area contributed by atoms with E-state index in [1.807, 2.05) is 0 Å². The van der Waals surface area contributed by atoms with Crippen molar-refractivity contribution in [2.24, 2.45) is 0 Å². The molecular formula is C3H4O3Rf. The molecule has 3 nitrogen and oxygen atoms in total. The predicted octanol–water partition coefficient (Wildman–Crippen LogP) is -0.748. The van der Waals surface area contributed by atoms with Gasteiger partial charge in [0.2, 0.25) is 6.29 Å². The molecule has 0 aliphatic carbocycles. The van der Waals surface area contributed by atoms with Gasteiger partial charge in [-0.05, 0) is 0 Å². The van der Waals surface area contributed by atoms with Crippen LogP contribution < -0.4 is 0 Å². The molecule has 0 aromatic heterocycles. The van der Waals surface area contributed by atoms with Crippen molar-refractivity contribution in [1.82, 2.24) is 0 Å². The molecule has 1 rings (SSSR count). The number of hydrogen-bond acceptors (Lipinski definition) is 3. The predicted molar refractivity (Wildman–Crippen MR) is 16.7 cm³/mol. The van der Waals surface area contributed by atoms with Crippen LogP contribution in [0, 0.1) is 0 Å². The van der Waals surface area contributed by atoms with Crippen molar-refractivity contribution in [3.63, 3.8) is 0 Å². The van der Waals surface area contributed by atoms with Gasteiger partial charge < -0.3 is 9.84 Å². The second-order valence-electron chi connectivity index (χ2n) is 1.15.